The highest BCUT2D eigenvalue weighted by Crippen LogP contribution is 2.34. The number of methoxy groups -OCH3 is 1. The molecule has 3 unspecified atom stereocenters. The number of ether oxygens (including phenoxy) is 3. The number of nitrogens with zero attached hydrogens (tertiary/aromatic N) is 1. The van der Waals surface area contributed by atoms with Gasteiger partial charge in [0.15, 0.2) is 5.75 Å². The van der Waals surface area contributed by atoms with Crippen molar-refractivity contribution >= 4 is 21.6 Å². The summed E-state index contributed by atoms with van der Waals surface area (Å²) in [5.41, 5.74) is 5.80. The minimum absolute atomic E-state index is 0.0829. The third kappa shape index (κ3) is 3.91. The van der Waals surface area contributed by atoms with E-state index in [0.717, 1.165) is 0 Å². The van der Waals surface area contributed by atoms with Crippen molar-refractivity contribution in [2.24, 2.45) is 5.73 Å². The topological polar surface area (TPSA) is 96.9 Å². The maximum absolute atomic E-state index is 11.1. The Balaban J connectivity index is 2.03. The molecule has 1 aliphatic rings. The molecule has 1 fully saturated rings. The molecule has 0 aliphatic heterocycles. The molecule has 0 bridgehead atoms. The van der Waals surface area contributed by atoms with Crippen LogP contribution in [0.5, 0.6) is 5.75 Å². The summed E-state index contributed by atoms with van der Waals surface area (Å²) < 4.78 is 16.8. The first kappa shape index (κ1) is 16.2. The average molecular weight is 361 g/mol. The van der Waals surface area contributed by atoms with E-state index in [0.29, 0.717) is 24.1 Å². The standard InChI is InChI=1S/C13H17BrN2O5/c1-19-4-5-20-13-9(15)7-12(13)21-11-3-2-8(14)6-10(11)16(17)18/h2-3,6,9,12-13H,4-5,7,15H2,1H3. The van der Waals surface area contributed by atoms with E-state index in [2.05, 4.69) is 15.9 Å². The third-order valence-corrected chi connectivity index (χ3v) is 3.78. The number of nitrogens with two attached hydrogens (primary N) is 1. The molecule has 21 heavy (non-hydrogen) atoms. The van der Waals surface area contributed by atoms with Gasteiger partial charge in [0.1, 0.15) is 12.2 Å². The van der Waals surface area contributed by atoms with Crippen LogP contribution in [0, 0.1) is 10.1 Å². The number of rotatable bonds is 7. The van der Waals surface area contributed by atoms with Gasteiger partial charge in [-0.1, -0.05) is 15.9 Å². The molecule has 2 N–H and O–H groups in total. The molecular formula is C13H17BrN2O5. The van der Waals surface area contributed by atoms with E-state index in [1.807, 2.05) is 0 Å². The summed E-state index contributed by atoms with van der Waals surface area (Å²) in [6.07, 6.45) is 0.0466. The second-order valence-corrected chi connectivity index (χ2v) is 5.67. The lowest BCUT2D eigenvalue weighted by Crippen LogP contribution is -2.59. The molecule has 116 valence electrons. The molecule has 1 aromatic rings. The summed E-state index contributed by atoms with van der Waals surface area (Å²) in [5, 5.41) is 11.1. The van der Waals surface area contributed by atoms with Gasteiger partial charge in [-0.15, -0.1) is 0 Å². The quantitative estimate of drug-likeness (QED) is 0.452. The molecule has 0 aromatic heterocycles. The first-order valence-electron chi connectivity index (χ1n) is 6.49. The molecule has 2 rings (SSSR count). The Labute approximate surface area is 130 Å². The molecule has 3 atom stereocenters. The zero-order chi connectivity index (χ0) is 15.4. The Bertz CT molecular complexity index is 513. The third-order valence-electron chi connectivity index (χ3n) is 3.29. The van der Waals surface area contributed by atoms with Gasteiger partial charge in [-0.3, -0.25) is 10.1 Å². The van der Waals surface area contributed by atoms with Gasteiger partial charge in [0.2, 0.25) is 0 Å². The molecule has 7 nitrogen and oxygen atoms in total. The Morgan fingerprint density at radius 1 is 1.48 bits per heavy atom. The molecule has 0 radical (unpaired) electrons. The van der Waals surface area contributed by atoms with E-state index in [-0.39, 0.29) is 29.7 Å². The van der Waals surface area contributed by atoms with Gasteiger partial charge < -0.3 is 19.9 Å². The van der Waals surface area contributed by atoms with Crippen LogP contribution >= 0.6 is 15.9 Å². The van der Waals surface area contributed by atoms with E-state index < -0.39 is 4.92 Å². The fourth-order valence-electron chi connectivity index (χ4n) is 2.13. The molecule has 0 amide bonds. The highest BCUT2D eigenvalue weighted by atomic mass is 79.9. The number of hydrogen-bond donors (Lipinski definition) is 1. The largest absolute Gasteiger partial charge is 0.481 e. The second kappa shape index (κ2) is 7.17. The van der Waals surface area contributed by atoms with E-state index in [4.69, 9.17) is 19.9 Å². The molecule has 0 saturated heterocycles. The SMILES string of the molecule is COCCOC1C(N)CC1Oc1ccc(Br)cc1[N+](=O)[O-]. The van der Waals surface area contributed by atoms with Crippen LogP contribution in [0.15, 0.2) is 22.7 Å². The molecule has 0 spiro atoms. The van der Waals surface area contributed by atoms with E-state index in [9.17, 15) is 10.1 Å². The first-order chi connectivity index (χ1) is 10.0. The van der Waals surface area contributed by atoms with E-state index in [1.54, 1.807) is 19.2 Å². The summed E-state index contributed by atoms with van der Waals surface area (Å²) in [6.45, 7) is 0.880. The molecule has 1 aliphatic carbocycles. The summed E-state index contributed by atoms with van der Waals surface area (Å²) in [4.78, 5) is 10.6. The zero-order valence-electron chi connectivity index (χ0n) is 11.5. The normalized spacial score (nSPS) is 24.4. The summed E-state index contributed by atoms with van der Waals surface area (Å²) in [5.74, 6) is 0.223. The van der Waals surface area contributed by atoms with Crippen molar-refractivity contribution in [3.05, 3.63) is 32.8 Å². The van der Waals surface area contributed by atoms with Gasteiger partial charge in [0.25, 0.3) is 0 Å². The van der Waals surface area contributed by atoms with Crippen molar-refractivity contribution in [3.63, 3.8) is 0 Å². The Hall–Kier alpha value is -1.22. The van der Waals surface area contributed by atoms with E-state index >= 15 is 0 Å². The molecule has 1 aromatic carbocycles. The van der Waals surface area contributed by atoms with Gasteiger partial charge in [-0.05, 0) is 12.1 Å². The van der Waals surface area contributed by atoms with Crippen LogP contribution in [0.1, 0.15) is 6.42 Å². The van der Waals surface area contributed by atoms with Crippen molar-refractivity contribution in [1.29, 1.82) is 0 Å². The van der Waals surface area contributed by atoms with Crippen molar-refractivity contribution in [1.82, 2.24) is 0 Å². The first-order valence-corrected chi connectivity index (χ1v) is 7.29. The lowest BCUT2D eigenvalue weighted by Gasteiger charge is -2.41. The van der Waals surface area contributed by atoms with Crippen molar-refractivity contribution in [3.8, 4) is 5.75 Å². The van der Waals surface area contributed by atoms with Crippen LogP contribution in [-0.4, -0.2) is 43.5 Å². The number of nitro groups is 1. The van der Waals surface area contributed by atoms with Crippen molar-refractivity contribution in [2.45, 2.75) is 24.7 Å². The minimum atomic E-state index is -0.473. The zero-order valence-corrected chi connectivity index (χ0v) is 13.1. The molecular weight excluding hydrogens is 344 g/mol. The highest BCUT2D eigenvalue weighted by molar-refractivity contribution is 9.10. The lowest BCUT2D eigenvalue weighted by molar-refractivity contribution is -0.386. The van der Waals surface area contributed by atoms with Gasteiger partial charge in [0, 0.05) is 30.1 Å². The Morgan fingerprint density at radius 3 is 2.86 bits per heavy atom. The lowest BCUT2D eigenvalue weighted by atomic mass is 9.86. The minimum Gasteiger partial charge on any atom is -0.481 e. The van der Waals surface area contributed by atoms with Crippen LogP contribution in [-0.2, 0) is 9.47 Å². The molecule has 0 heterocycles. The number of halogens is 1. The Morgan fingerprint density at radius 2 is 2.24 bits per heavy atom. The van der Waals surface area contributed by atoms with Crippen molar-refractivity contribution in [2.75, 3.05) is 20.3 Å². The average Bonchev–Trinajstić information content (AvgIpc) is 2.44. The van der Waals surface area contributed by atoms with Gasteiger partial charge in [-0.2, -0.15) is 0 Å². The van der Waals surface area contributed by atoms with Gasteiger partial charge in [0.05, 0.1) is 18.1 Å². The monoisotopic (exact) mass is 360 g/mol. The van der Waals surface area contributed by atoms with E-state index in [1.165, 1.54) is 6.07 Å². The number of hydrogen-bond acceptors (Lipinski definition) is 6. The van der Waals surface area contributed by atoms with Gasteiger partial charge >= 0.3 is 5.69 Å². The predicted molar refractivity (Wildman–Crippen MR) is 79.4 cm³/mol. The number of nitro benzene ring substituents is 1. The summed E-state index contributed by atoms with van der Waals surface area (Å²) in [7, 11) is 1.59. The fraction of sp³-hybridized carbons (Fsp3) is 0.538. The molecule has 8 heteroatoms. The van der Waals surface area contributed by atoms with Crippen LogP contribution in [0.4, 0.5) is 5.69 Å². The van der Waals surface area contributed by atoms with Gasteiger partial charge in [-0.25, -0.2) is 0 Å². The second-order valence-electron chi connectivity index (χ2n) is 4.75. The summed E-state index contributed by atoms with van der Waals surface area (Å²) >= 11 is 3.21. The van der Waals surface area contributed by atoms with Crippen LogP contribution in [0.25, 0.3) is 0 Å². The van der Waals surface area contributed by atoms with Crippen LogP contribution < -0.4 is 10.5 Å². The van der Waals surface area contributed by atoms with Crippen LogP contribution in [0.2, 0.25) is 0 Å². The maximum atomic E-state index is 11.1. The van der Waals surface area contributed by atoms with Crippen molar-refractivity contribution < 1.29 is 19.1 Å². The predicted octanol–water partition coefficient (Wildman–Crippen LogP) is 1.87. The molecule has 1 saturated carbocycles. The maximum Gasteiger partial charge on any atom is 0.312 e. The highest BCUT2D eigenvalue weighted by Gasteiger charge is 2.42. The summed E-state index contributed by atoms with van der Waals surface area (Å²) in [6, 6.07) is 4.55. The number of benzene rings is 1. The Kier molecular flexibility index (Phi) is 5.51. The smallest absolute Gasteiger partial charge is 0.312 e. The fourth-order valence-corrected chi connectivity index (χ4v) is 2.47. The van der Waals surface area contributed by atoms with Crippen LogP contribution in [0.3, 0.4) is 0 Å².